The van der Waals surface area contributed by atoms with Gasteiger partial charge in [0.05, 0.1) is 13.2 Å². The van der Waals surface area contributed by atoms with Crippen LogP contribution in [0.15, 0.2) is 0 Å². The van der Waals surface area contributed by atoms with Crippen LogP contribution in [-0.2, 0) is 38.1 Å². The Kier molecular flexibility index (Phi) is 7.07. The molecule has 0 bridgehead atoms. The molecule has 0 spiro atoms. The van der Waals surface area contributed by atoms with E-state index in [4.69, 9.17) is 0 Å². The summed E-state index contributed by atoms with van der Waals surface area (Å²) in [7, 11) is 0. The monoisotopic (exact) mass is 248 g/mol. The van der Waals surface area contributed by atoms with Crippen molar-refractivity contribution in [3.63, 3.8) is 0 Å². The molecule has 0 unspecified atom stereocenters. The summed E-state index contributed by atoms with van der Waals surface area (Å²) in [5, 5.41) is 0. The number of hydrogen-bond donors (Lipinski definition) is 0. The Bertz CT molecular complexity index is 278. The molecule has 0 radical (unpaired) electrons. The maximum Gasteiger partial charge on any atom is 0.420 e. The molecule has 0 aromatic rings. The van der Waals surface area contributed by atoms with E-state index < -0.39 is 30.7 Å². The first-order chi connectivity index (χ1) is 8.02. The van der Waals surface area contributed by atoms with Gasteiger partial charge in [0.1, 0.15) is 0 Å². The fraction of sp³-hybridized carbons (Fsp3) is 0.556. The van der Waals surface area contributed by atoms with Crippen LogP contribution >= 0.6 is 0 Å². The number of ether oxygens (including phenoxy) is 4. The van der Waals surface area contributed by atoms with Gasteiger partial charge in [-0.05, 0) is 13.8 Å². The number of hydrogen-bond acceptors (Lipinski definition) is 8. The largest absolute Gasteiger partial charge is 0.458 e. The van der Waals surface area contributed by atoms with Crippen LogP contribution in [0.3, 0.4) is 0 Å². The second-order valence-electron chi connectivity index (χ2n) is 2.42. The lowest BCUT2D eigenvalue weighted by Gasteiger charge is -2.05. The van der Waals surface area contributed by atoms with Gasteiger partial charge in [0, 0.05) is 0 Å². The summed E-state index contributed by atoms with van der Waals surface area (Å²) >= 11 is 0. The number of rotatable bonds is 4. The minimum absolute atomic E-state index is 0.0105. The smallest absolute Gasteiger partial charge is 0.420 e. The Morgan fingerprint density at radius 1 is 0.647 bits per heavy atom. The number of esters is 4. The van der Waals surface area contributed by atoms with Crippen LogP contribution in [-0.4, -0.2) is 43.9 Å². The summed E-state index contributed by atoms with van der Waals surface area (Å²) in [6.07, 6.45) is 0. The number of carbonyl (C=O) groups excluding carboxylic acids is 4. The molecule has 0 aromatic heterocycles. The van der Waals surface area contributed by atoms with Gasteiger partial charge in [0.15, 0.2) is 0 Å². The molecule has 0 N–H and O–H groups in total. The fourth-order valence-electron chi connectivity index (χ4n) is 0.634. The van der Waals surface area contributed by atoms with Gasteiger partial charge in [-0.1, -0.05) is 0 Å². The van der Waals surface area contributed by atoms with Crippen LogP contribution in [0, 0.1) is 0 Å². The maximum atomic E-state index is 10.8. The minimum atomic E-state index is -1.32. The quantitative estimate of drug-likeness (QED) is 0.274. The number of carbonyl (C=O) groups is 4. The highest BCUT2D eigenvalue weighted by Crippen LogP contribution is 1.89. The van der Waals surface area contributed by atoms with Crippen LogP contribution in [0.25, 0.3) is 0 Å². The van der Waals surface area contributed by atoms with E-state index >= 15 is 0 Å². The van der Waals surface area contributed by atoms with Crippen LogP contribution < -0.4 is 0 Å². The Morgan fingerprint density at radius 3 is 1.24 bits per heavy atom. The van der Waals surface area contributed by atoms with Crippen molar-refractivity contribution in [3.8, 4) is 0 Å². The van der Waals surface area contributed by atoms with Gasteiger partial charge in [0.25, 0.3) is 0 Å². The Hall–Kier alpha value is -2.12. The van der Waals surface area contributed by atoms with E-state index in [2.05, 4.69) is 18.9 Å². The van der Waals surface area contributed by atoms with Crippen molar-refractivity contribution in [2.45, 2.75) is 13.8 Å². The lowest BCUT2D eigenvalue weighted by Crippen LogP contribution is -2.25. The summed E-state index contributed by atoms with van der Waals surface area (Å²) < 4.78 is 17.0. The lowest BCUT2D eigenvalue weighted by atomic mass is 10.7. The van der Waals surface area contributed by atoms with Crippen LogP contribution in [0.2, 0.25) is 0 Å². The first-order valence-electron chi connectivity index (χ1n) is 4.70. The van der Waals surface area contributed by atoms with Crippen molar-refractivity contribution in [2.75, 3.05) is 20.0 Å². The molecule has 0 amide bonds. The van der Waals surface area contributed by atoms with Crippen molar-refractivity contribution in [3.05, 3.63) is 0 Å². The van der Waals surface area contributed by atoms with Gasteiger partial charge in [-0.25, -0.2) is 19.2 Å². The Morgan fingerprint density at radius 2 is 0.941 bits per heavy atom. The van der Waals surface area contributed by atoms with Crippen molar-refractivity contribution in [1.29, 1.82) is 0 Å². The molecule has 0 atom stereocenters. The van der Waals surface area contributed by atoms with E-state index in [1.54, 1.807) is 0 Å². The second-order valence-corrected chi connectivity index (χ2v) is 2.42. The van der Waals surface area contributed by atoms with Gasteiger partial charge in [-0.3, -0.25) is 0 Å². The normalized spacial score (nSPS) is 9.06. The molecule has 0 aromatic carbocycles. The minimum Gasteiger partial charge on any atom is -0.458 e. The average Bonchev–Trinajstić information content (AvgIpc) is 2.29. The SMILES string of the molecule is CCOC(=O)C(=O)OCOC(=O)C(=O)OCC. The molecule has 0 saturated carbocycles. The summed E-state index contributed by atoms with van der Waals surface area (Å²) in [5.74, 6) is -5.05. The predicted molar refractivity (Wildman–Crippen MR) is 50.3 cm³/mol. The first-order valence-corrected chi connectivity index (χ1v) is 4.70. The third-order valence-corrected chi connectivity index (χ3v) is 1.26. The molecule has 8 heteroatoms. The zero-order valence-electron chi connectivity index (χ0n) is 9.39. The van der Waals surface area contributed by atoms with E-state index in [1.165, 1.54) is 13.8 Å². The molecule has 0 aliphatic heterocycles. The molecule has 8 nitrogen and oxygen atoms in total. The molecule has 0 aliphatic rings. The van der Waals surface area contributed by atoms with Crippen molar-refractivity contribution >= 4 is 23.9 Å². The highest BCUT2D eigenvalue weighted by Gasteiger charge is 2.20. The molecule has 0 saturated heterocycles. The van der Waals surface area contributed by atoms with Crippen molar-refractivity contribution in [2.24, 2.45) is 0 Å². The van der Waals surface area contributed by atoms with Gasteiger partial charge in [-0.15, -0.1) is 0 Å². The predicted octanol–water partition coefficient (Wildman–Crippen LogP) is -0.844. The summed E-state index contributed by atoms with van der Waals surface area (Å²) in [4.78, 5) is 43.1. The first kappa shape index (κ1) is 14.9. The van der Waals surface area contributed by atoms with E-state index in [1.807, 2.05) is 0 Å². The average molecular weight is 248 g/mol. The van der Waals surface area contributed by atoms with Gasteiger partial charge in [0.2, 0.25) is 6.79 Å². The highest BCUT2D eigenvalue weighted by molar-refractivity contribution is 6.30. The van der Waals surface area contributed by atoms with Crippen LogP contribution in [0.5, 0.6) is 0 Å². The van der Waals surface area contributed by atoms with Gasteiger partial charge in [-0.2, -0.15) is 0 Å². The van der Waals surface area contributed by atoms with Crippen LogP contribution in [0.1, 0.15) is 13.8 Å². The lowest BCUT2D eigenvalue weighted by molar-refractivity contribution is -0.183. The summed E-state index contributed by atoms with van der Waals surface area (Å²) in [5.41, 5.74) is 0. The topological polar surface area (TPSA) is 105 Å². The third-order valence-electron chi connectivity index (χ3n) is 1.26. The van der Waals surface area contributed by atoms with E-state index in [0.29, 0.717) is 0 Å². The van der Waals surface area contributed by atoms with Crippen molar-refractivity contribution < 1.29 is 38.1 Å². The fourth-order valence-corrected chi connectivity index (χ4v) is 0.634. The maximum absolute atomic E-state index is 10.8. The van der Waals surface area contributed by atoms with Crippen LogP contribution in [0.4, 0.5) is 0 Å². The Balaban J connectivity index is 3.84. The molecular formula is C9H12O8. The van der Waals surface area contributed by atoms with E-state index in [0.717, 1.165) is 0 Å². The van der Waals surface area contributed by atoms with Gasteiger partial charge >= 0.3 is 23.9 Å². The highest BCUT2D eigenvalue weighted by atomic mass is 16.7. The molecule has 0 aliphatic carbocycles. The molecule has 96 valence electrons. The van der Waals surface area contributed by atoms with Crippen molar-refractivity contribution in [1.82, 2.24) is 0 Å². The molecule has 0 rings (SSSR count). The zero-order valence-corrected chi connectivity index (χ0v) is 9.39. The van der Waals surface area contributed by atoms with Gasteiger partial charge < -0.3 is 18.9 Å². The zero-order chi connectivity index (χ0) is 13.3. The standard InChI is InChI=1S/C9H12O8/c1-3-14-6(10)8(12)16-5-17-9(13)7(11)15-4-2/h3-5H2,1-2H3. The molecule has 0 fully saturated rings. The Labute approximate surface area is 96.8 Å². The van der Waals surface area contributed by atoms with E-state index in [-0.39, 0.29) is 13.2 Å². The molecule has 0 heterocycles. The molecule has 17 heavy (non-hydrogen) atoms. The second kappa shape index (κ2) is 8.08. The molecular weight excluding hydrogens is 236 g/mol. The third kappa shape index (κ3) is 6.13. The summed E-state index contributed by atoms with van der Waals surface area (Å²) in [6, 6.07) is 0. The summed E-state index contributed by atoms with van der Waals surface area (Å²) in [6.45, 7) is 2.17. The van der Waals surface area contributed by atoms with E-state index in [9.17, 15) is 19.2 Å².